The smallest absolute Gasteiger partial charge is 0.337 e. The van der Waals surface area contributed by atoms with Crippen LogP contribution in [0.4, 0.5) is 11.4 Å². The second kappa shape index (κ2) is 6.78. The molecule has 0 saturated heterocycles. The monoisotopic (exact) mass is 378 g/mol. The molecule has 0 bridgehead atoms. The van der Waals surface area contributed by atoms with Crippen molar-refractivity contribution in [3.8, 4) is 0 Å². The molecule has 4 rings (SSSR count). The maximum atomic E-state index is 13.3. The molecule has 144 valence electrons. The van der Waals surface area contributed by atoms with Gasteiger partial charge in [0.05, 0.1) is 12.7 Å². The Balaban J connectivity index is 1.52. The normalized spacial score (nSPS) is 18.9. The Morgan fingerprint density at radius 2 is 1.75 bits per heavy atom. The summed E-state index contributed by atoms with van der Waals surface area (Å²) in [6.07, 6.45) is 1.89. The predicted molar refractivity (Wildman–Crippen MR) is 105 cm³/mol. The van der Waals surface area contributed by atoms with Crippen molar-refractivity contribution in [1.29, 1.82) is 0 Å². The van der Waals surface area contributed by atoms with Gasteiger partial charge in [-0.2, -0.15) is 0 Å². The highest BCUT2D eigenvalue weighted by molar-refractivity contribution is 6.18. The quantitative estimate of drug-likeness (QED) is 0.655. The number of nitrogens with zero attached hydrogens (tertiary/aromatic N) is 1. The molecule has 1 atom stereocenters. The van der Waals surface area contributed by atoms with Gasteiger partial charge in [-0.1, -0.05) is 18.2 Å². The molecule has 1 aliphatic carbocycles. The van der Waals surface area contributed by atoms with E-state index in [0.717, 1.165) is 17.7 Å². The summed E-state index contributed by atoms with van der Waals surface area (Å²) in [5.41, 5.74) is 1.98. The number of hydrogen-bond acceptors (Lipinski definition) is 4. The van der Waals surface area contributed by atoms with Crippen molar-refractivity contribution in [3.05, 3.63) is 59.7 Å². The molecule has 0 aromatic heterocycles. The van der Waals surface area contributed by atoms with Crippen LogP contribution < -0.4 is 10.2 Å². The van der Waals surface area contributed by atoms with Gasteiger partial charge >= 0.3 is 5.97 Å². The van der Waals surface area contributed by atoms with Crippen LogP contribution in [0, 0.1) is 5.41 Å². The van der Waals surface area contributed by atoms with Crippen molar-refractivity contribution in [2.24, 2.45) is 5.41 Å². The minimum Gasteiger partial charge on any atom is -0.465 e. The number of carbonyl (C=O) groups is 3. The average molecular weight is 378 g/mol. The first-order chi connectivity index (χ1) is 13.5. The zero-order valence-electron chi connectivity index (χ0n) is 15.9. The number of nitrogens with one attached hydrogen (secondary N) is 1. The number of fused-ring (bicyclic) bond motifs is 1. The molecule has 2 amide bonds. The third kappa shape index (κ3) is 2.95. The predicted octanol–water partition coefficient (Wildman–Crippen LogP) is 3.17. The molecule has 1 heterocycles. The number of rotatable bonds is 4. The van der Waals surface area contributed by atoms with Crippen molar-refractivity contribution < 1.29 is 19.1 Å². The molecule has 28 heavy (non-hydrogen) atoms. The first kappa shape index (κ1) is 18.2. The molecule has 6 nitrogen and oxygen atoms in total. The number of hydrogen-bond donors (Lipinski definition) is 1. The van der Waals surface area contributed by atoms with Gasteiger partial charge in [0.1, 0.15) is 5.41 Å². The zero-order chi connectivity index (χ0) is 19.9. The van der Waals surface area contributed by atoms with E-state index in [1.54, 1.807) is 29.2 Å². The van der Waals surface area contributed by atoms with Gasteiger partial charge in [-0.05, 0) is 62.1 Å². The summed E-state index contributed by atoms with van der Waals surface area (Å²) in [6, 6.07) is 14.3. The fourth-order valence-electron chi connectivity index (χ4n) is 3.83. The Kier molecular flexibility index (Phi) is 4.41. The van der Waals surface area contributed by atoms with Gasteiger partial charge < -0.3 is 15.0 Å². The van der Waals surface area contributed by atoms with Gasteiger partial charge in [-0.25, -0.2) is 4.79 Å². The second-order valence-electron chi connectivity index (χ2n) is 7.46. The highest BCUT2D eigenvalue weighted by Gasteiger charge is 2.59. The van der Waals surface area contributed by atoms with E-state index in [-0.39, 0.29) is 17.9 Å². The number of ether oxygens (including phenoxy) is 1. The molecular weight excluding hydrogens is 356 g/mol. The second-order valence-corrected chi connectivity index (χ2v) is 7.46. The van der Waals surface area contributed by atoms with E-state index in [1.807, 2.05) is 31.2 Å². The molecular formula is C22H22N2O4. The highest BCUT2D eigenvalue weighted by Crippen LogP contribution is 2.50. The molecule has 1 aliphatic heterocycles. The van der Waals surface area contributed by atoms with Crippen molar-refractivity contribution in [1.82, 2.24) is 0 Å². The van der Waals surface area contributed by atoms with E-state index in [1.165, 1.54) is 7.11 Å². The van der Waals surface area contributed by atoms with Crippen LogP contribution in [0.3, 0.4) is 0 Å². The number of methoxy groups -OCH3 is 1. The molecule has 0 radical (unpaired) electrons. The number of benzene rings is 2. The minimum absolute atomic E-state index is 0.0366. The highest BCUT2D eigenvalue weighted by atomic mass is 16.5. The summed E-state index contributed by atoms with van der Waals surface area (Å²) in [5, 5.41) is 2.83. The Labute approximate surface area is 163 Å². The minimum atomic E-state index is -1.01. The van der Waals surface area contributed by atoms with Gasteiger partial charge in [0.2, 0.25) is 11.8 Å². The molecule has 1 fully saturated rings. The maximum Gasteiger partial charge on any atom is 0.337 e. The lowest BCUT2D eigenvalue weighted by atomic mass is 10.0. The molecule has 2 aromatic carbocycles. The molecule has 1 saturated carbocycles. The maximum absolute atomic E-state index is 13.3. The van der Waals surface area contributed by atoms with Crippen LogP contribution in [0.5, 0.6) is 0 Å². The Hall–Kier alpha value is -3.15. The molecule has 2 aliphatic rings. The largest absolute Gasteiger partial charge is 0.465 e. The lowest BCUT2D eigenvalue weighted by Gasteiger charge is -2.27. The standard InChI is InChI=1S/C22H22N2O4/c1-14-13-16-5-3-4-6-18(16)24(14)21(27)22(11-12-22)20(26)23-17-9-7-15(8-10-17)19(25)28-2/h3-10,14H,11-13H2,1-2H3,(H,23,26). The molecule has 2 aromatic rings. The first-order valence-corrected chi connectivity index (χ1v) is 9.38. The number of carbonyl (C=O) groups excluding carboxylic acids is 3. The van der Waals surface area contributed by atoms with Crippen LogP contribution in [0.2, 0.25) is 0 Å². The third-order valence-corrected chi connectivity index (χ3v) is 5.58. The SMILES string of the molecule is COC(=O)c1ccc(NC(=O)C2(C(=O)N3c4ccccc4CC3C)CC2)cc1. The van der Waals surface area contributed by atoms with Crippen molar-refractivity contribution in [2.75, 3.05) is 17.3 Å². The van der Waals surface area contributed by atoms with Crippen molar-refractivity contribution in [2.45, 2.75) is 32.2 Å². The molecule has 1 N–H and O–H groups in total. The first-order valence-electron chi connectivity index (χ1n) is 9.38. The lowest BCUT2D eigenvalue weighted by molar-refractivity contribution is -0.132. The molecule has 1 unspecified atom stereocenters. The number of anilines is 2. The van der Waals surface area contributed by atoms with Crippen LogP contribution in [-0.4, -0.2) is 30.9 Å². The van der Waals surface area contributed by atoms with E-state index in [2.05, 4.69) is 10.1 Å². The van der Waals surface area contributed by atoms with Crippen LogP contribution in [0.25, 0.3) is 0 Å². The summed E-state index contributed by atoms with van der Waals surface area (Å²) in [4.78, 5) is 39.6. The van der Waals surface area contributed by atoms with Gasteiger partial charge in [0, 0.05) is 17.4 Å². The summed E-state index contributed by atoms with van der Waals surface area (Å²) < 4.78 is 4.67. The number of para-hydroxylation sites is 1. The van der Waals surface area contributed by atoms with Gasteiger partial charge in [0.25, 0.3) is 0 Å². The Morgan fingerprint density at radius 1 is 1.07 bits per heavy atom. The van der Waals surface area contributed by atoms with Crippen molar-refractivity contribution in [3.63, 3.8) is 0 Å². The van der Waals surface area contributed by atoms with Crippen molar-refractivity contribution >= 4 is 29.2 Å². The lowest BCUT2D eigenvalue weighted by Crippen LogP contribution is -2.45. The van der Waals surface area contributed by atoms with E-state index < -0.39 is 11.4 Å². The van der Waals surface area contributed by atoms with Crippen LogP contribution in [-0.2, 0) is 20.7 Å². The topological polar surface area (TPSA) is 75.7 Å². The Morgan fingerprint density at radius 3 is 2.39 bits per heavy atom. The van der Waals surface area contributed by atoms with E-state index in [9.17, 15) is 14.4 Å². The van der Waals surface area contributed by atoms with Crippen LogP contribution in [0.15, 0.2) is 48.5 Å². The summed E-state index contributed by atoms with van der Waals surface area (Å²) >= 11 is 0. The molecule has 6 heteroatoms. The van der Waals surface area contributed by atoms with E-state index >= 15 is 0 Å². The van der Waals surface area contributed by atoms with Crippen LogP contribution >= 0.6 is 0 Å². The molecule has 0 spiro atoms. The average Bonchev–Trinajstić information content (AvgIpc) is 3.45. The number of amides is 2. The zero-order valence-corrected chi connectivity index (χ0v) is 15.9. The van der Waals surface area contributed by atoms with Gasteiger partial charge in [0.15, 0.2) is 0 Å². The Bertz CT molecular complexity index is 947. The van der Waals surface area contributed by atoms with Gasteiger partial charge in [-0.3, -0.25) is 9.59 Å². The summed E-state index contributed by atoms with van der Waals surface area (Å²) in [7, 11) is 1.32. The van der Waals surface area contributed by atoms with Crippen LogP contribution in [0.1, 0.15) is 35.7 Å². The summed E-state index contributed by atoms with van der Waals surface area (Å²) in [5.74, 6) is -0.859. The third-order valence-electron chi connectivity index (χ3n) is 5.58. The van der Waals surface area contributed by atoms with E-state index in [4.69, 9.17) is 0 Å². The van der Waals surface area contributed by atoms with Gasteiger partial charge in [-0.15, -0.1) is 0 Å². The fourth-order valence-corrected chi connectivity index (χ4v) is 3.83. The summed E-state index contributed by atoms with van der Waals surface area (Å²) in [6.45, 7) is 2.01. The number of esters is 1. The van der Waals surface area contributed by atoms with E-state index in [0.29, 0.717) is 24.1 Å². The fraction of sp³-hybridized carbons (Fsp3) is 0.318.